The molecule has 0 radical (unpaired) electrons. The van der Waals surface area contributed by atoms with E-state index in [0.717, 1.165) is 0 Å². The fourth-order valence-corrected chi connectivity index (χ4v) is 3.22. The SMILES string of the molecule is COc1ccc(Br)c(C(=O)N2CCN(C(=O)CNC(=O)C(F)(F)F)CC2C)c1. The normalized spacial score (nSPS) is 17.3. The zero-order valence-corrected chi connectivity index (χ0v) is 16.8. The van der Waals surface area contributed by atoms with E-state index in [1.54, 1.807) is 35.3 Å². The number of halogens is 4. The summed E-state index contributed by atoms with van der Waals surface area (Å²) in [5.74, 6) is -2.53. The molecule has 1 aromatic carbocycles. The van der Waals surface area contributed by atoms with Gasteiger partial charge >= 0.3 is 12.1 Å². The highest BCUT2D eigenvalue weighted by atomic mass is 79.9. The average Bonchev–Trinajstić information content (AvgIpc) is 2.64. The summed E-state index contributed by atoms with van der Waals surface area (Å²) in [6.45, 7) is 1.50. The van der Waals surface area contributed by atoms with Crippen molar-refractivity contribution in [3.8, 4) is 5.75 Å². The summed E-state index contributed by atoms with van der Waals surface area (Å²) in [7, 11) is 1.49. The van der Waals surface area contributed by atoms with Gasteiger partial charge in [0, 0.05) is 30.1 Å². The lowest BCUT2D eigenvalue weighted by atomic mass is 10.1. The minimum Gasteiger partial charge on any atom is -0.497 e. The third kappa shape index (κ3) is 5.15. The second kappa shape index (κ2) is 8.80. The van der Waals surface area contributed by atoms with Crippen LogP contribution in [0.4, 0.5) is 13.2 Å². The summed E-state index contributed by atoms with van der Waals surface area (Å²) in [5, 5.41) is 1.56. The molecule has 7 nitrogen and oxygen atoms in total. The van der Waals surface area contributed by atoms with Crippen LogP contribution in [0.3, 0.4) is 0 Å². The van der Waals surface area contributed by atoms with Gasteiger partial charge in [-0.05, 0) is 41.1 Å². The van der Waals surface area contributed by atoms with E-state index in [4.69, 9.17) is 4.74 Å². The number of amides is 3. The van der Waals surface area contributed by atoms with Gasteiger partial charge in [0.15, 0.2) is 0 Å². The molecule has 1 atom stereocenters. The lowest BCUT2D eigenvalue weighted by molar-refractivity contribution is -0.174. The summed E-state index contributed by atoms with van der Waals surface area (Å²) in [6, 6.07) is 4.64. The molecule has 0 saturated carbocycles. The van der Waals surface area contributed by atoms with Gasteiger partial charge in [-0.3, -0.25) is 14.4 Å². The Hall–Kier alpha value is -2.30. The van der Waals surface area contributed by atoms with Gasteiger partial charge in [-0.25, -0.2) is 0 Å². The lowest BCUT2D eigenvalue weighted by Gasteiger charge is -2.40. The first-order valence-corrected chi connectivity index (χ1v) is 9.11. The number of hydrogen-bond acceptors (Lipinski definition) is 4. The predicted molar refractivity (Wildman–Crippen MR) is 96.8 cm³/mol. The first-order valence-electron chi connectivity index (χ1n) is 8.32. The Morgan fingerprint density at radius 2 is 1.96 bits per heavy atom. The second-order valence-electron chi connectivity index (χ2n) is 6.21. The van der Waals surface area contributed by atoms with Crippen molar-refractivity contribution in [2.75, 3.05) is 33.3 Å². The molecule has 11 heteroatoms. The molecule has 1 N–H and O–H groups in total. The molecular weight excluding hydrogens is 447 g/mol. The van der Waals surface area contributed by atoms with Crippen LogP contribution >= 0.6 is 15.9 Å². The van der Waals surface area contributed by atoms with Crippen molar-refractivity contribution >= 4 is 33.7 Å². The van der Waals surface area contributed by atoms with Crippen molar-refractivity contribution in [1.82, 2.24) is 15.1 Å². The maximum Gasteiger partial charge on any atom is 0.471 e. The monoisotopic (exact) mass is 465 g/mol. The molecule has 2 rings (SSSR count). The molecule has 0 aromatic heterocycles. The number of nitrogens with one attached hydrogen (secondary N) is 1. The van der Waals surface area contributed by atoms with Crippen LogP contribution < -0.4 is 10.1 Å². The third-order valence-electron chi connectivity index (χ3n) is 4.30. The van der Waals surface area contributed by atoms with E-state index in [1.807, 2.05) is 0 Å². The first-order chi connectivity index (χ1) is 13.0. The molecule has 1 unspecified atom stereocenters. The summed E-state index contributed by atoms with van der Waals surface area (Å²) in [4.78, 5) is 38.7. The maximum absolute atomic E-state index is 12.9. The molecule has 28 heavy (non-hydrogen) atoms. The highest BCUT2D eigenvalue weighted by Crippen LogP contribution is 2.25. The number of ether oxygens (including phenoxy) is 1. The third-order valence-corrected chi connectivity index (χ3v) is 4.99. The Balaban J connectivity index is 1.99. The van der Waals surface area contributed by atoms with Gasteiger partial charge in [-0.15, -0.1) is 0 Å². The summed E-state index contributed by atoms with van der Waals surface area (Å²) in [6.07, 6.45) is -5.04. The van der Waals surface area contributed by atoms with Gasteiger partial charge < -0.3 is 19.9 Å². The van der Waals surface area contributed by atoms with Crippen LogP contribution in [0.2, 0.25) is 0 Å². The van der Waals surface area contributed by atoms with E-state index in [2.05, 4.69) is 15.9 Å². The molecule has 1 saturated heterocycles. The molecule has 0 aliphatic carbocycles. The van der Waals surface area contributed by atoms with E-state index in [1.165, 1.54) is 12.0 Å². The lowest BCUT2D eigenvalue weighted by Crippen LogP contribution is -2.57. The average molecular weight is 466 g/mol. The number of alkyl halides is 3. The van der Waals surface area contributed by atoms with Gasteiger partial charge in [0.1, 0.15) is 5.75 Å². The van der Waals surface area contributed by atoms with Crippen molar-refractivity contribution in [2.45, 2.75) is 19.1 Å². The highest BCUT2D eigenvalue weighted by molar-refractivity contribution is 9.10. The molecule has 1 heterocycles. The smallest absolute Gasteiger partial charge is 0.471 e. The molecule has 154 valence electrons. The molecule has 1 aliphatic heterocycles. The van der Waals surface area contributed by atoms with E-state index >= 15 is 0 Å². The summed E-state index contributed by atoms with van der Waals surface area (Å²) >= 11 is 3.33. The van der Waals surface area contributed by atoms with Crippen LogP contribution in [0.5, 0.6) is 5.75 Å². The van der Waals surface area contributed by atoms with Crippen molar-refractivity contribution in [3.05, 3.63) is 28.2 Å². The number of methoxy groups -OCH3 is 1. The summed E-state index contributed by atoms with van der Waals surface area (Å²) in [5.41, 5.74) is 0.406. The molecule has 1 aliphatic rings. The van der Waals surface area contributed by atoms with Crippen LogP contribution in [0, 0.1) is 0 Å². The van der Waals surface area contributed by atoms with Crippen LogP contribution in [0.25, 0.3) is 0 Å². The van der Waals surface area contributed by atoms with Crippen molar-refractivity contribution < 1.29 is 32.3 Å². The van der Waals surface area contributed by atoms with Crippen LogP contribution in [0.15, 0.2) is 22.7 Å². The first kappa shape index (κ1) is 22.0. The fourth-order valence-electron chi connectivity index (χ4n) is 2.80. The fraction of sp³-hybridized carbons (Fsp3) is 0.471. The van der Waals surface area contributed by atoms with Crippen molar-refractivity contribution in [1.29, 1.82) is 0 Å². The summed E-state index contributed by atoms with van der Waals surface area (Å²) < 4.78 is 42.3. The number of hydrogen-bond donors (Lipinski definition) is 1. The molecule has 1 fully saturated rings. The van der Waals surface area contributed by atoms with Crippen LogP contribution in [0.1, 0.15) is 17.3 Å². The van der Waals surface area contributed by atoms with E-state index in [9.17, 15) is 27.6 Å². The molecule has 0 spiro atoms. The van der Waals surface area contributed by atoms with Gasteiger partial charge in [0.25, 0.3) is 5.91 Å². The van der Waals surface area contributed by atoms with Crippen molar-refractivity contribution in [2.24, 2.45) is 0 Å². The minimum absolute atomic E-state index is 0.147. The topological polar surface area (TPSA) is 79.0 Å². The van der Waals surface area contributed by atoms with Crippen molar-refractivity contribution in [3.63, 3.8) is 0 Å². The Bertz CT molecular complexity index is 773. The number of nitrogens with zero attached hydrogens (tertiary/aromatic N) is 2. The maximum atomic E-state index is 12.9. The number of carbonyl (C=O) groups is 3. The highest BCUT2D eigenvalue weighted by Gasteiger charge is 2.39. The van der Waals surface area contributed by atoms with Crippen LogP contribution in [-0.2, 0) is 9.59 Å². The Kier molecular flexibility index (Phi) is 6.91. The van der Waals surface area contributed by atoms with Gasteiger partial charge in [-0.2, -0.15) is 13.2 Å². The zero-order valence-electron chi connectivity index (χ0n) is 15.2. The van der Waals surface area contributed by atoms with E-state index in [0.29, 0.717) is 15.8 Å². The van der Waals surface area contributed by atoms with Gasteiger partial charge in [0.2, 0.25) is 5.91 Å². The van der Waals surface area contributed by atoms with Gasteiger partial charge in [-0.1, -0.05) is 0 Å². The Labute approximate surface area is 167 Å². The number of benzene rings is 1. The zero-order chi connectivity index (χ0) is 21.1. The molecule has 0 bridgehead atoms. The minimum atomic E-state index is -5.04. The number of rotatable bonds is 4. The second-order valence-corrected chi connectivity index (χ2v) is 7.07. The molecular formula is C17H19BrF3N3O4. The Morgan fingerprint density at radius 3 is 2.54 bits per heavy atom. The van der Waals surface area contributed by atoms with Crippen LogP contribution in [-0.4, -0.2) is 73.0 Å². The van der Waals surface area contributed by atoms with Gasteiger partial charge in [0.05, 0.1) is 19.2 Å². The van der Waals surface area contributed by atoms with E-state index < -0.39 is 24.5 Å². The standard InChI is InChI=1S/C17H19BrF3N3O4/c1-10-9-23(14(25)8-22-16(27)17(19,20)21)5-6-24(10)15(26)12-7-11(28-2)3-4-13(12)18/h3-4,7,10H,5-6,8-9H2,1-2H3,(H,22,27). The quantitative estimate of drug-likeness (QED) is 0.735. The number of carbonyl (C=O) groups excluding carboxylic acids is 3. The molecule has 3 amide bonds. The Morgan fingerprint density at radius 1 is 1.29 bits per heavy atom. The molecule has 1 aromatic rings. The van der Waals surface area contributed by atoms with E-state index in [-0.39, 0.29) is 31.6 Å². The largest absolute Gasteiger partial charge is 0.497 e. The number of piperazine rings is 1. The predicted octanol–water partition coefficient (Wildman–Crippen LogP) is 1.81.